The molecule has 0 atom stereocenters. The van der Waals surface area contributed by atoms with Crippen LogP contribution in [0.1, 0.15) is 18.4 Å². The van der Waals surface area contributed by atoms with E-state index in [4.69, 9.17) is 9.47 Å². The molecular weight excluding hydrogens is 276 g/mol. The van der Waals surface area contributed by atoms with Crippen molar-refractivity contribution in [1.82, 2.24) is 9.97 Å². The van der Waals surface area contributed by atoms with Gasteiger partial charge < -0.3 is 14.5 Å². The van der Waals surface area contributed by atoms with Crippen LogP contribution in [0.25, 0.3) is 0 Å². The summed E-state index contributed by atoms with van der Waals surface area (Å²) in [6.07, 6.45) is 0.590. The van der Waals surface area contributed by atoms with Crippen molar-refractivity contribution in [2.75, 3.05) is 20.3 Å². The number of rotatable bonds is 6. The van der Waals surface area contributed by atoms with Gasteiger partial charge in [0.1, 0.15) is 10.3 Å². The van der Waals surface area contributed by atoms with Crippen LogP contribution >= 0.6 is 15.9 Å². The lowest BCUT2D eigenvalue weighted by atomic mass is 10.3. The van der Waals surface area contributed by atoms with Crippen molar-refractivity contribution >= 4 is 15.9 Å². The van der Waals surface area contributed by atoms with Gasteiger partial charge in [-0.3, -0.25) is 4.79 Å². The van der Waals surface area contributed by atoms with E-state index in [1.165, 1.54) is 0 Å². The third-order valence-electron chi connectivity index (χ3n) is 1.95. The van der Waals surface area contributed by atoms with Gasteiger partial charge >= 0.3 is 0 Å². The molecule has 1 N–H and O–H groups in total. The number of aromatic nitrogens is 2. The van der Waals surface area contributed by atoms with Gasteiger partial charge in [0.25, 0.3) is 5.56 Å². The Morgan fingerprint density at radius 3 is 2.88 bits per heavy atom. The Hall–Kier alpha value is -0.720. The van der Waals surface area contributed by atoms with Gasteiger partial charge in [-0.2, -0.15) is 0 Å². The van der Waals surface area contributed by atoms with Crippen molar-refractivity contribution in [3.05, 3.63) is 26.3 Å². The molecule has 0 aromatic carbocycles. The first-order chi connectivity index (χ1) is 7.69. The number of H-pyrrole nitrogens is 1. The Balaban J connectivity index is 2.82. The van der Waals surface area contributed by atoms with E-state index in [0.717, 1.165) is 0 Å². The smallest absolute Gasteiger partial charge is 0.265 e. The molecule has 0 aliphatic rings. The molecule has 0 fully saturated rings. The summed E-state index contributed by atoms with van der Waals surface area (Å²) in [5, 5.41) is 0. The molecule has 1 heterocycles. The van der Waals surface area contributed by atoms with Gasteiger partial charge in [0, 0.05) is 20.1 Å². The highest BCUT2D eigenvalue weighted by Crippen LogP contribution is 2.09. The van der Waals surface area contributed by atoms with Crippen molar-refractivity contribution in [2.24, 2.45) is 0 Å². The first kappa shape index (κ1) is 13.3. The van der Waals surface area contributed by atoms with Crippen LogP contribution in [0.4, 0.5) is 0 Å². The van der Waals surface area contributed by atoms with Crippen molar-refractivity contribution in [3.8, 4) is 0 Å². The number of hydrogen-bond donors (Lipinski definition) is 1. The van der Waals surface area contributed by atoms with E-state index in [0.29, 0.717) is 42.2 Å². The summed E-state index contributed by atoms with van der Waals surface area (Å²) in [5.74, 6) is 0.619. The van der Waals surface area contributed by atoms with Crippen LogP contribution in [-0.2, 0) is 22.5 Å². The van der Waals surface area contributed by atoms with E-state index < -0.39 is 0 Å². The van der Waals surface area contributed by atoms with E-state index in [-0.39, 0.29) is 5.56 Å². The van der Waals surface area contributed by atoms with E-state index in [2.05, 4.69) is 25.9 Å². The van der Waals surface area contributed by atoms with Gasteiger partial charge in [-0.1, -0.05) is 0 Å². The van der Waals surface area contributed by atoms with Gasteiger partial charge in [-0.25, -0.2) is 4.98 Å². The monoisotopic (exact) mass is 290 g/mol. The molecule has 1 aromatic heterocycles. The number of aromatic amines is 1. The third-order valence-corrected chi connectivity index (χ3v) is 2.77. The predicted molar refractivity (Wildman–Crippen MR) is 63.5 cm³/mol. The van der Waals surface area contributed by atoms with Crippen LogP contribution in [-0.4, -0.2) is 30.3 Å². The molecule has 5 nitrogen and oxygen atoms in total. The van der Waals surface area contributed by atoms with Gasteiger partial charge in [0.05, 0.1) is 18.9 Å². The Morgan fingerprint density at radius 2 is 2.25 bits per heavy atom. The molecule has 6 heteroatoms. The average Bonchev–Trinajstić information content (AvgIpc) is 2.26. The predicted octanol–water partition coefficient (Wildman–Crippen LogP) is 1.26. The fraction of sp³-hybridized carbons (Fsp3) is 0.600. The lowest BCUT2D eigenvalue weighted by molar-refractivity contribution is 0.149. The van der Waals surface area contributed by atoms with E-state index >= 15 is 0 Å². The molecule has 0 unspecified atom stereocenters. The van der Waals surface area contributed by atoms with Crippen LogP contribution in [0.5, 0.6) is 0 Å². The lowest BCUT2D eigenvalue weighted by Crippen LogP contribution is -2.17. The Labute approximate surface area is 102 Å². The lowest BCUT2D eigenvalue weighted by Gasteiger charge is -2.05. The van der Waals surface area contributed by atoms with Gasteiger partial charge in [0.15, 0.2) is 0 Å². The average molecular weight is 291 g/mol. The summed E-state index contributed by atoms with van der Waals surface area (Å²) in [7, 11) is 1.56. The van der Waals surface area contributed by atoms with E-state index in [1.54, 1.807) is 7.11 Å². The number of nitrogens with one attached hydrogen (secondary N) is 1. The van der Waals surface area contributed by atoms with Crippen LogP contribution in [0.3, 0.4) is 0 Å². The van der Waals surface area contributed by atoms with E-state index in [1.807, 2.05) is 6.92 Å². The highest BCUT2D eigenvalue weighted by Gasteiger charge is 2.08. The molecule has 1 aromatic rings. The molecule has 0 amide bonds. The minimum absolute atomic E-state index is 0.187. The number of hydrogen-bond acceptors (Lipinski definition) is 4. The summed E-state index contributed by atoms with van der Waals surface area (Å²) < 4.78 is 10.6. The summed E-state index contributed by atoms with van der Waals surface area (Å²) in [6, 6.07) is 0. The maximum absolute atomic E-state index is 11.5. The fourth-order valence-corrected chi connectivity index (χ4v) is 1.52. The molecule has 0 radical (unpaired) electrons. The third kappa shape index (κ3) is 3.70. The van der Waals surface area contributed by atoms with Crippen LogP contribution < -0.4 is 5.56 Å². The molecule has 0 bridgehead atoms. The largest absolute Gasteiger partial charge is 0.381 e. The summed E-state index contributed by atoms with van der Waals surface area (Å²) in [4.78, 5) is 18.5. The maximum atomic E-state index is 11.5. The molecular formula is C10H15BrN2O3. The van der Waals surface area contributed by atoms with Crippen molar-refractivity contribution in [1.29, 1.82) is 0 Å². The number of nitrogens with zero attached hydrogens (tertiary/aromatic N) is 1. The molecule has 0 saturated heterocycles. The fourth-order valence-electron chi connectivity index (χ4n) is 1.22. The first-order valence-electron chi connectivity index (χ1n) is 5.03. The highest BCUT2D eigenvalue weighted by atomic mass is 79.9. The number of ether oxygens (including phenoxy) is 2. The highest BCUT2D eigenvalue weighted by molar-refractivity contribution is 9.10. The topological polar surface area (TPSA) is 64.2 Å². The van der Waals surface area contributed by atoms with Gasteiger partial charge in [-0.05, 0) is 22.9 Å². The second-order valence-electron chi connectivity index (χ2n) is 3.15. The molecule has 0 saturated carbocycles. The van der Waals surface area contributed by atoms with Crippen molar-refractivity contribution in [2.45, 2.75) is 20.0 Å². The van der Waals surface area contributed by atoms with Crippen molar-refractivity contribution in [3.63, 3.8) is 0 Å². The summed E-state index contributed by atoms with van der Waals surface area (Å²) in [5.41, 5.74) is 0.422. The first-order valence-corrected chi connectivity index (χ1v) is 5.82. The quantitative estimate of drug-likeness (QED) is 0.801. The molecule has 1 rings (SSSR count). The molecule has 16 heavy (non-hydrogen) atoms. The summed E-state index contributed by atoms with van der Waals surface area (Å²) >= 11 is 3.18. The zero-order valence-corrected chi connectivity index (χ0v) is 11.0. The zero-order valence-electron chi connectivity index (χ0n) is 9.38. The molecule has 0 spiro atoms. The Morgan fingerprint density at radius 1 is 1.50 bits per heavy atom. The van der Waals surface area contributed by atoms with E-state index in [9.17, 15) is 4.79 Å². The second kappa shape index (κ2) is 6.78. The van der Waals surface area contributed by atoms with Crippen LogP contribution in [0.2, 0.25) is 0 Å². The van der Waals surface area contributed by atoms with Gasteiger partial charge in [-0.15, -0.1) is 0 Å². The second-order valence-corrected chi connectivity index (χ2v) is 3.95. The van der Waals surface area contributed by atoms with Gasteiger partial charge in [0.2, 0.25) is 0 Å². The van der Waals surface area contributed by atoms with Crippen molar-refractivity contribution < 1.29 is 9.47 Å². The Kier molecular flexibility index (Phi) is 5.65. The normalized spacial score (nSPS) is 10.7. The van der Waals surface area contributed by atoms with Crippen LogP contribution in [0.15, 0.2) is 9.27 Å². The standard InChI is InChI=1S/C10H15BrN2O3/c1-3-16-5-4-8-12-7(6-15-2)9(11)10(14)13-8/h3-6H2,1-2H3,(H,12,13,14). The minimum Gasteiger partial charge on any atom is -0.381 e. The Bertz CT molecular complexity index is 392. The molecule has 0 aliphatic heterocycles. The SMILES string of the molecule is CCOCCc1nc(COC)c(Br)c(=O)[nH]1. The zero-order chi connectivity index (χ0) is 12.0. The van der Waals surface area contributed by atoms with Crippen LogP contribution in [0, 0.1) is 0 Å². The molecule has 90 valence electrons. The maximum Gasteiger partial charge on any atom is 0.265 e. The minimum atomic E-state index is -0.187. The number of methoxy groups -OCH3 is 1. The number of halogens is 1. The summed E-state index contributed by atoms with van der Waals surface area (Å²) in [6.45, 7) is 3.44. The molecule has 0 aliphatic carbocycles.